The van der Waals surface area contributed by atoms with E-state index in [2.05, 4.69) is 15.3 Å². The van der Waals surface area contributed by atoms with E-state index in [0.29, 0.717) is 23.8 Å². The quantitative estimate of drug-likeness (QED) is 0.744. The Morgan fingerprint density at radius 2 is 1.75 bits per heavy atom. The molecule has 0 unspecified atom stereocenters. The van der Waals surface area contributed by atoms with Gasteiger partial charge in [-0.1, -0.05) is 29.8 Å². The number of nitrogens with two attached hydrogens (primary N) is 1. The molecule has 0 saturated heterocycles. The number of halogens is 1. The first kappa shape index (κ1) is 15.7. The van der Waals surface area contributed by atoms with E-state index in [-0.39, 0.29) is 11.7 Å². The molecular weight excluding hydrogens is 307 g/mol. The fraction of sp³-hybridized carbons (Fsp3) is 0.111. The molecule has 24 heavy (non-hydrogen) atoms. The van der Waals surface area contributed by atoms with Crippen LogP contribution in [-0.2, 0) is 6.54 Å². The van der Waals surface area contributed by atoms with Crippen LogP contribution in [0.4, 0.5) is 15.9 Å². The van der Waals surface area contributed by atoms with Crippen molar-refractivity contribution in [1.82, 2.24) is 9.97 Å². The number of nitrogens with one attached hydrogen (secondary N) is 1. The molecule has 1 heterocycles. The zero-order valence-electron chi connectivity index (χ0n) is 13.2. The third kappa shape index (κ3) is 3.78. The second-order valence-corrected chi connectivity index (χ2v) is 5.34. The fourth-order valence-electron chi connectivity index (χ4n) is 2.11. The molecule has 0 saturated carbocycles. The van der Waals surface area contributed by atoms with Crippen LogP contribution in [0.3, 0.4) is 0 Å². The molecule has 6 heteroatoms. The number of rotatable bonds is 5. The molecule has 0 amide bonds. The number of aromatic nitrogens is 2. The minimum atomic E-state index is -0.269. The average Bonchev–Trinajstić information content (AvgIpc) is 2.59. The zero-order chi connectivity index (χ0) is 16.9. The summed E-state index contributed by atoms with van der Waals surface area (Å²) in [6.45, 7) is 2.46. The van der Waals surface area contributed by atoms with Crippen molar-refractivity contribution in [2.45, 2.75) is 13.5 Å². The molecule has 3 N–H and O–H groups in total. The maximum atomic E-state index is 12.9. The molecule has 5 nitrogen and oxygen atoms in total. The fourth-order valence-corrected chi connectivity index (χ4v) is 2.11. The number of hydrogen-bond acceptors (Lipinski definition) is 5. The summed E-state index contributed by atoms with van der Waals surface area (Å²) in [5.74, 6) is 1.14. The molecule has 0 bridgehead atoms. The monoisotopic (exact) mass is 324 g/mol. The first-order valence-corrected chi connectivity index (χ1v) is 7.45. The molecule has 0 aliphatic heterocycles. The van der Waals surface area contributed by atoms with Crippen LogP contribution in [0.1, 0.15) is 11.1 Å². The van der Waals surface area contributed by atoms with Gasteiger partial charge in [0.1, 0.15) is 23.6 Å². The van der Waals surface area contributed by atoms with Gasteiger partial charge in [0.2, 0.25) is 5.88 Å². The van der Waals surface area contributed by atoms with Crippen molar-refractivity contribution in [1.29, 1.82) is 0 Å². The van der Waals surface area contributed by atoms with Gasteiger partial charge in [-0.3, -0.25) is 0 Å². The predicted molar refractivity (Wildman–Crippen MR) is 91.4 cm³/mol. The third-order valence-corrected chi connectivity index (χ3v) is 3.46. The van der Waals surface area contributed by atoms with Crippen molar-refractivity contribution >= 4 is 11.5 Å². The third-order valence-electron chi connectivity index (χ3n) is 3.46. The Kier molecular flexibility index (Phi) is 4.56. The van der Waals surface area contributed by atoms with Gasteiger partial charge in [0.25, 0.3) is 0 Å². The number of nitrogen functional groups attached to an aromatic ring is 1. The average molecular weight is 324 g/mol. The molecule has 0 radical (unpaired) electrons. The van der Waals surface area contributed by atoms with Gasteiger partial charge < -0.3 is 15.8 Å². The lowest BCUT2D eigenvalue weighted by molar-refractivity contribution is 0.464. The van der Waals surface area contributed by atoms with Gasteiger partial charge in [0, 0.05) is 6.54 Å². The van der Waals surface area contributed by atoms with E-state index in [0.717, 1.165) is 11.1 Å². The SMILES string of the molecule is Cc1ccc(Oc2ncnc(NCc3ccc(F)cc3)c2N)cc1. The summed E-state index contributed by atoms with van der Waals surface area (Å²) in [5, 5.41) is 3.11. The van der Waals surface area contributed by atoms with Gasteiger partial charge in [0.15, 0.2) is 5.82 Å². The van der Waals surface area contributed by atoms with Gasteiger partial charge >= 0.3 is 0 Å². The summed E-state index contributed by atoms with van der Waals surface area (Å²) < 4.78 is 18.6. The van der Waals surface area contributed by atoms with Crippen LogP contribution in [0.5, 0.6) is 11.6 Å². The summed E-state index contributed by atoms with van der Waals surface area (Å²) >= 11 is 0. The Morgan fingerprint density at radius 1 is 1.04 bits per heavy atom. The molecular formula is C18H17FN4O. The van der Waals surface area contributed by atoms with Gasteiger partial charge in [0.05, 0.1) is 0 Å². The van der Waals surface area contributed by atoms with E-state index in [9.17, 15) is 4.39 Å². The Labute approximate surface area is 139 Å². The van der Waals surface area contributed by atoms with E-state index < -0.39 is 0 Å². The Morgan fingerprint density at radius 3 is 2.46 bits per heavy atom. The highest BCUT2D eigenvalue weighted by Crippen LogP contribution is 2.29. The molecule has 0 aliphatic carbocycles. The number of benzene rings is 2. The maximum Gasteiger partial charge on any atom is 0.248 e. The molecule has 0 spiro atoms. The van der Waals surface area contributed by atoms with E-state index >= 15 is 0 Å². The molecule has 1 aromatic heterocycles. The second-order valence-electron chi connectivity index (χ2n) is 5.34. The highest BCUT2D eigenvalue weighted by atomic mass is 19.1. The zero-order valence-corrected chi connectivity index (χ0v) is 13.2. The number of aryl methyl sites for hydroxylation is 1. The van der Waals surface area contributed by atoms with Gasteiger partial charge in [-0.25, -0.2) is 9.37 Å². The topological polar surface area (TPSA) is 73.1 Å². The first-order valence-electron chi connectivity index (χ1n) is 7.45. The number of anilines is 2. The van der Waals surface area contributed by atoms with Gasteiger partial charge in [-0.2, -0.15) is 4.98 Å². The lowest BCUT2D eigenvalue weighted by Gasteiger charge is -2.12. The molecule has 3 aromatic rings. The molecule has 0 fully saturated rings. The van der Waals surface area contributed by atoms with Crippen LogP contribution in [0, 0.1) is 12.7 Å². The number of ether oxygens (including phenoxy) is 1. The second kappa shape index (κ2) is 6.95. The van der Waals surface area contributed by atoms with Gasteiger partial charge in [-0.05, 0) is 36.8 Å². The van der Waals surface area contributed by atoms with Crippen LogP contribution in [0.25, 0.3) is 0 Å². The number of nitrogens with zero attached hydrogens (tertiary/aromatic N) is 2. The largest absolute Gasteiger partial charge is 0.437 e. The highest BCUT2D eigenvalue weighted by Gasteiger charge is 2.10. The molecule has 2 aromatic carbocycles. The van der Waals surface area contributed by atoms with E-state index in [1.807, 2.05) is 31.2 Å². The summed E-state index contributed by atoms with van der Waals surface area (Å²) in [7, 11) is 0. The Balaban J connectivity index is 1.72. The van der Waals surface area contributed by atoms with Gasteiger partial charge in [-0.15, -0.1) is 0 Å². The summed E-state index contributed by atoms with van der Waals surface area (Å²) in [5.41, 5.74) is 8.45. The van der Waals surface area contributed by atoms with E-state index in [4.69, 9.17) is 10.5 Å². The minimum absolute atomic E-state index is 0.269. The molecule has 3 rings (SSSR count). The van der Waals surface area contributed by atoms with Crippen LogP contribution >= 0.6 is 0 Å². The van der Waals surface area contributed by atoms with Crippen LogP contribution < -0.4 is 15.8 Å². The van der Waals surface area contributed by atoms with Crippen molar-refractivity contribution in [2.75, 3.05) is 11.1 Å². The van der Waals surface area contributed by atoms with Crippen molar-refractivity contribution in [3.05, 3.63) is 71.8 Å². The predicted octanol–water partition coefficient (Wildman–Crippen LogP) is 3.91. The van der Waals surface area contributed by atoms with Crippen LogP contribution in [-0.4, -0.2) is 9.97 Å². The first-order chi connectivity index (χ1) is 11.6. The Hall–Kier alpha value is -3.15. The lowest BCUT2D eigenvalue weighted by atomic mass is 10.2. The van der Waals surface area contributed by atoms with Crippen LogP contribution in [0.15, 0.2) is 54.9 Å². The van der Waals surface area contributed by atoms with E-state index in [1.54, 1.807) is 12.1 Å². The molecule has 0 atom stereocenters. The van der Waals surface area contributed by atoms with Crippen molar-refractivity contribution in [3.63, 3.8) is 0 Å². The summed E-state index contributed by atoms with van der Waals surface area (Å²) in [6.07, 6.45) is 1.38. The lowest BCUT2D eigenvalue weighted by Crippen LogP contribution is -2.06. The van der Waals surface area contributed by atoms with E-state index in [1.165, 1.54) is 18.5 Å². The normalized spacial score (nSPS) is 10.4. The maximum absolute atomic E-state index is 12.9. The summed E-state index contributed by atoms with van der Waals surface area (Å²) in [6, 6.07) is 13.8. The smallest absolute Gasteiger partial charge is 0.248 e. The number of hydrogen-bond donors (Lipinski definition) is 2. The van der Waals surface area contributed by atoms with Crippen molar-refractivity contribution < 1.29 is 9.13 Å². The minimum Gasteiger partial charge on any atom is -0.437 e. The summed E-state index contributed by atoms with van der Waals surface area (Å²) in [4.78, 5) is 8.20. The van der Waals surface area contributed by atoms with Crippen molar-refractivity contribution in [3.8, 4) is 11.6 Å². The van der Waals surface area contributed by atoms with Crippen LogP contribution in [0.2, 0.25) is 0 Å². The Bertz CT molecular complexity index is 819. The molecule has 0 aliphatic rings. The highest BCUT2D eigenvalue weighted by molar-refractivity contribution is 5.67. The standard InChI is InChI=1S/C18H17FN4O/c1-12-2-8-15(9-3-12)24-18-16(20)17(22-11-23-18)21-10-13-4-6-14(19)7-5-13/h2-9,11H,10,20H2,1H3,(H,21,22,23). The van der Waals surface area contributed by atoms with Crippen molar-refractivity contribution in [2.24, 2.45) is 0 Å². The molecule has 122 valence electrons.